The molecule has 0 aliphatic rings. The molecule has 0 aliphatic heterocycles. The molecule has 18 heavy (non-hydrogen) atoms. The van der Waals surface area contributed by atoms with E-state index in [-0.39, 0.29) is 17.5 Å². The zero-order valence-electron chi connectivity index (χ0n) is 10.8. The fourth-order valence-electron chi connectivity index (χ4n) is 1.66. The second-order valence-electron chi connectivity index (χ2n) is 4.19. The molecule has 1 amide bonds. The van der Waals surface area contributed by atoms with E-state index in [0.29, 0.717) is 36.9 Å². The van der Waals surface area contributed by atoms with E-state index in [0.717, 1.165) is 0 Å². The average molecular weight is 251 g/mol. The molecular weight excluding hydrogens is 233 g/mol. The maximum absolute atomic E-state index is 13.0. The van der Waals surface area contributed by atoms with Gasteiger partial charge in [0.2, 0.25) is 5.91 Å². The Morgan fingerprint density at radius 1 is 1.28 bits per heavy atom. The van der Waals surface area contributed by atoms with Gasteiger partial charge in [0.1, 0.15) is 5.82 Å². The largest absolute Gasteiger partial charge is 0.356 e. The van der Waals surface area contributed by atoms with E-state index in [2.05, 4.69) is 5.32 Å². The third-order valence-corrected chi connectivity index (χ3v) is 2.66. The molecule has 0 unspecified atom stereocenters. The van der Waals surface area contributed by atoms with Crippen LogP contribution in [0.1, 0.15) is 42.1 Å². The lowest BCUT2D eigenvalue weighted by Crippen LogP contribution is -2.22. The van der Waals surface area contributed by atoms with Crippen molar-refractivity contribution in [3.8, 4) is 0 Å². The lowest BCUT2D eigenvalue weighted by molar-refractivity contribution is -0.121. The number of hydrogen-bond donors (Lipinski definition) is 1. The summed E-state index contributed by atoms with van der Waals surface area (Å²) in [5.74, 6) is -0.406. The maximum Gasteiger partial charge on any atom is 0.219 e. The standard InChI is InChI=1S/C14H18FNO2/c1-3-16-14(18)6-4-5-13(17)11-7-8-12(15)10(2)9-11/h7-9H,3-6H2,1-2H3,(H,16,18). The number of carbonyl (C=O) groups excluding carboxylic acids is 2. The van der Waals surface area contributed by atoms with Crippen LogP contribution in [-0.2, 0) is 4.79 Å². The number of Topliss-reactive ketones (excluding diaryl/α,β-unsaturated/α-hetero) is 1. The molecule has 0 aromatic heterocycles. The van der Waals surface area contributed by atoms with Crippen molar-refractivity contribution in [2.24, 2.45) is 0 Å². The molecule has 1 N–H and O–H groups in total. The number of halogens is 1. The van der Waals surface area contributed by atoms with Crippen LogP contribution in [0, 0.1) is 12.7 Å². The molecule has 0 heterocycles. The Kier molecular flexibility index (Phi) is 5.49. The summed E-state index contributed by atoms with van der Waals surface area (Å²) in [6.07, 6.45) is 1.17. The zero-order chi connectivity index (χ0) is 13.5. The summed E-state index contributed by atoms with van der Waals surface area (Å²) in [5, 5.41) is 2.68. The number of ketones is 1. The van der Waals surface area contributed by atoms with Crippen LogP contribution in [-0.4, -0.2) is 18.2 Å². The summed E-state index contributed by atoms with van der Waals surface area (Å²) in [6, 6.07) is 4.33. The molecule has 1 aromatic carbocycles. The van der Waals surface area contributed by atoms with Gasteiger partial charge in [0.15, 0.2) is 5.78 Å². The van der Waals surface area contributed by atoms with Crippen molar-refractivity contribution in [1.29, 1.82) is 0 Å². The van der Waals surface area contributed by atoms with Crippen LogP contribution in [0.15, 0.2) is 18.2 Å². The lowest BCUT2D eigenvalue weighted by Gasteiger charge is -2.04. The highest BCUT2D eigenvalue weighted by Gasteiger charge is 2.09. The van der Waals surface area contributed by atoms with Crippen LogP contribution >= 0.6 is 0 Å². The van der Waals surface area contributed by atoms with Crippen molar-refractivity contribution in [2.75, 3.05) is 6.54 Å². The minimum Gasteiger partial charge on any atom is -0.356 e. The van der Waals surface area contributed by atoms with Gasteiger partial charge in [-0.2, -0.15) is 0 Å². The van der Waals surface area contributed by atoms with Crippen LogP contribution in [0.2, 0.25) is 0 Å². The van der Waals surface area contributed by atoms with E-state index in [1.807, 2.05) is 6.92 Å². The zero-order valence-corrected chi connectivity index (χ0v) is 10.8. The molecule has 98 valence electrons. The molecule has 0 saturated carbocycles. The van der Waals surface area contributed by atoms with Gasteiger partial charge in [0.25, 0.3) is 0 Å². The van der Waals surface area contributed by atoms with Gasteiger partial charge in [-0.25, -0.2) is 4.39 Å². The predicted octanol–water partition coefficient (Wildman–Crippen LogP) is 2.62. The van der Waals surface area contributed by atoms with Gasteiger partial charge in [-0.3, -0.25) is 9.59 Å². The van der Waals surface area contributed by atoms with Crippen LogP contribution in [0.3, 0.4) is 0 Å². The SMILES string of the molecule is CCNC(=O)CCCC(=O)c1ccc(F)c(C)c1. The molecule has 1 aromatic rings. The Bertz CT molecular complexity index is 443. The van der Waals surface area contributed by atoms with Crippen molar-refractivity contribution >= 4 is 11.7 Å². The Morgan fingerprint density at radius 3 is 2.61 bits per heavy atom. The highest BCUT2D eigenvalue weighted by Crippen LogP contribution is 2.12. The third-order valence-electron chi connectivity index (χ3n) is 2.66. The summed E-state index contributed by atoms with van der Waals surface area (Å²) in [6.45, 7) is 4.08. The Morgan fingerprint density at radius 2 is 2.00 bits per heavy atom. The van der Waals surface area contributed by atoms with Gasteiger partial charge >= 0.3 is 0 Å². The molecule has 4 heteroatoms. The van der Waals surface area contributed by atoms with E-state index in [4.69, 9.17) is 0 Å². The first kappa shape index (κ1) is 14.4. The van der Waals surface area contributed by atoms with Crippen molar-refractivity contribution in [1.82, 2.24) is 5.32 Å². The quantitative estimate of drug-likeness (QED) is 0.790. The van der Waals surface area contributed by atoms with E-state index in [1.54, 1.807) is 13.0 Å². The Balaban J connectivity index is 2.45. The van der Waals surface area contributed by atoms with E-state index in [9.17, 15) is 14.0 Å². The summed E-state index contributed by atoms with van der Waals surface area (Å²) in [5.41, 5.74) is 0.967. The Hall–Kier alpha value is -1.71. The number of carbonyl (C=O) groups is 2. The van der Waals surface area contributed by atoms with E-state index in [1.165, 1.54) is 12.1 Å². The number of aryl methyl sites for hydroxylation is 1. The fraction of sp³-hybridized carbons (Fsp3) is 0.429. The minimum absolute atomic E-state index is 0.0411. The first-order valence-corrected chi connectivity index (χ1v) is 6.10. The van der Waals surface area contributed by atoms with Gasteiger partial charge in [-0.15, -0.1) is 0 Å². The third kappa shape index (κ3) is 4.28. The monoisotopic (exact) mass is 251 g/mol. The van der Waals surface area contributed by atoms with Crippen LogP contribution < -0.4 is 5.32 Å². The lowest BCUT2D eigenvalue weighted by atomic mass is 10.0. The topological polar surface area (TPSA) is 46.2 Å². The molecule has 0 radical (unpaired) electrons. The normalized spacial score (nSPS) is 10.2. The number of nitrogens with one attached hydrogen (secondary N) is 1. The number of amides is 1. The number of rotatable bonds is 6. The molecule has 0 saturated heterocycles. The smallest absolute Gasteiger partial charge is 0.219 e. The molecule has 1 rings (SSSR count). The van der Waals surface area contributed by atoms with E-state index < -0.39 is 0 Å². The molecule has 0 fully saturated rings. The summed E-state index contributed by atoms with van der Waals surface area (Å²) >= 11 is 0. The summed E-state index contributed by atoms with van der Waals surface area (Å²) in [4.78, 5) is 23.0. The summed E-state index contributed by atoms with van der Waals surface area (Å²) in [7, 11) is 0. The molecule has 0 bridgehead atoms. The number of hydrogen-bond acceptors (Lipinski definition) is 2. The van der Waals surface area contributed by atoms with E-state index >= 15 is 0 Å². The fourth-order valence-corrected chi connectivity index (χ4v) is 1.66. The van der Waals surface area contributed by atoms with Gasteiger partial charge in [0, 0.05) is 24.9 Å². The van der Waals surface area contributed by atoms with Gasteiger partial charge in [-0.05, 0) is 44.0 Å². The molecule has 0 aliphatic carbocycles. The van der Waals surface area contributed by atoms with Crippen molar-refractivity contribution in [3.05, 3.63) is 35.1 Å². The van der Waals surface area contributed by atoms with Crippen molar-refractivity contribution < 1.29 is 14.0 Å². The molecule has 3 nitrogen and oxygen atoms in total. The minimum atomic E-state index is -0.311. The highest BCUT2D eigenvalue weighted by atomic mass is 19.1. The number of benzene rings is 1. The van der Waals surface area contributed by atoms with Gasteiger partial charge in [0.05, 0.1) is 0 Å². The first-order chi connectivity index (χ1) is 8.54. The predicted molar refractivity (Wildman–Crippen MR) is 68.0 cm³/mol. The Labute approximate surface area is 106 Å². The average Bonchev–Trinajstić information content (AvgIpc) is 2.33. The maximum atomic E-state index is 13.0. The summed E-state index contributed by atoms with van der Waals surface area (Å²) < 4.78 is 13.0. The van der Waals surface area contributed by atoms with Crippen molar-refractivity contribution in [2.45, 2.75) is 33.1 Å². The van der Waals surface area contributed by atoms with Crippen LogP contribution in [0.25, 0.3) is 0 Å². The van der Waals surface area contributed by atoms with Crippen LogP contribution in [0.4, 0.5) is 4.39 Å². The highest BCUT2D eigenvalue weighted by molar-refractivity contribution is 5.96. The van der Waals surface area contributed by atoms with Gasteiger partial charge < -0.3 is 5.32 Å². The first-order valence-electron chi connectivity index (χ1n) is 6.10. The molecular formula is C14H18FNO2. The molecule has 0 atom stereocenters. The van der Waals surface area contributed by atoms with Crippen LogP contribution in [0.5, 0.6) is 0 Å². The second-order valence-corrected chi connectivity index (χ2v) is 4.19. The second kappa shape index (κ2) is 6.89. The molecule has 0 spiro atoms. The van der Waals surface area contributed by atoms with Gasteiger partial charge in [-0.1, -0.05) is 0 Å². The van der Waals surface area contributed by atoms with Crippen molar-refractivity contribution in [3.63, 3.8) is 0 Å².